The third-order valence-corrected chi connectivity index (χ3v) is 0.650. The molecule has 2 heteroatoms. The van der Waals surface area contributed by atoms with Crippen LogP contribution in [0.4, 0.5) is 0 Å². The molecule has 0 fully saturated rings. The van der Waals surface area contributed by atoms with Gasteiger partial charge in [-0.05, 0) is 6.72 Å². The van der Waals surface area contributed by atoms with Crippen LogP contribution in [0.2, 0.25) is 0 Å². The molecule has 0 spiro atoms. The molecule has 0 aliphatic heterocycles. The molecule has 0 aromatic rings. The Morgan fingerprint density at radius 2 is 2.14 bits per heavy atom. The van der Waals surface area contributed by atoms with Crippen LogP contribution in [-0.4, -0.2) is 12.6 Å². The van der Waals surface area contributed by atoms with Crippen LogP contribution in [0.15, 0.2) is 4.99 Å². The van der Waals surface area contributed by atoms with Crippen molar-refractivity contribution >= 4 is 12.6 Å². The number of nitrogens with zero attached hydrogens (tertiary/aromatic N) is 1. The topological polar surface area (TPSA) is 29.4 Å². The van der Waals surface area contributed by atoms with E-state index in [-0.39, 0.29) is 11.8 Å². The molecular formula is C5H9NO. The molecule has 0 saturated heterocycles. The van der Waals surface area contributed by atoms with Crippen molar-refractivity contribution in [3.63, 3.8) is 0 Å². The maximum Gasteiger partial charge on any atom is 0.247 e. The van der Waals surface area contributed by atoms with E-state index in [1.165, 1.54) is 0 Å². The predicted molar refractivity (Wildman–Crippen MR) is 29.4 cm³/mol. The summed E-state index contributed by atoms with van der Waals surface area (Å²) in [6, 6.07) is 0. The highest BCUT2D eigenvalue weighted by Crippen LogP contribution is 1.91. The SMILES string of the molecule is C=NC(=O)C(C)C. The summed E-state index contributed by atoms with van der Waals surface area (Å²) < 4.78 is 0. The van der Waals surface area contributed by atoms with Gasteiger partial charge in [-0.3, -0.25) is 4.79 Å². The zero-order valence-corrected chi connectivity index (χ0v) is 4.64. The van der Waals surface area contributed by atoms with Gasteiger partial charge in [0.05, 0.1) is 0 Å². The van der Waals surface area contributed by atoms with Crippen LogP contribution < -0.4 is 0 Å². The fourth-order valence-electron chi connectivity index (χ4n) is 0.183. The molecule has 0 heterocycles. The molecule has 0 saturated carbocycles. The van der Waals surface area contributed by atoms with Crippen molar-refractivity contribution in [2.45, 2.75) is 13.8 Å². The highest BCUT2D eigenvalue weighted by molar-refractivity contribution is 5.82. The van der Waals surface area contributed by atoms with Crippen LogP contribution in [0.1, 0.15) is 13.8 Å². The lowest BCUT2D eigenvalue weighted by molar-refractivity contribution is -0.120. The second kappa shape index (κ2) is 2.50. The van der Waals surface area contributed by atoms with Crippen molar-refractivity contribution in [2.24, 2.45) is 10.9 Å². The van der Waals surface area contributed by atoms with E-state index in [4.69, 9.17) is 0 Å². The van der Waals surface area contributed by atoms with E-state index >= 15 is 0 Å². The number of hydrogen-bond donors (Lipinski definition) is 0. The van der Waals surface area contributed by atoms with Gasteiger partial charge >= 0.3 is 0 Å². The predicted octanol–water partition coefficient (Wildman–Crippen LogP) is 0.870. The maximum absolute atomic E-state index is 10.3. The Kier molecular flexibility index (Phi) is 2.27. The van der Waals surface area contributed by atoms with E-state index < -0.39 is 0 Å². The van der Waals surface area contributed by atoms with Crippen molar-refractivity contribution in [2.75, 3.05) is 0 Å². The van der Waals surface area contributed by atoms with Gasteiger partial charge in [0.15, 0.2) is 0 Å². The fourth-order valence-corrected chi connectivity index (χ4v) is 0.183. The van der Waals surface area contributed by atoms with E-state index in [0.717, 1.165) is 0 Å². The zero-order chi connectivity index (χ0) is 5.86. The van der Waals surface area contributed by atoms with Crippen LogP contribution in [0.25, 0.3) is 0 Å². The largest absolute Gasteiger partial charge is 0.272 e. The van der Waals surface area contributed by atoms with E-state index in [9.17, 15) is 4.79 Å². The number of carbonyl (C=O) groups is 1. The minimum Gasteiger partial charge on any atom is -0.272 e. The Bertz CT molecular complexity index is 86.1. The first kappa shape index (κ1) is 6.34. The van der Waals surface area contributed by atoms with Gasteiger partial charge in [-0.2, -0.15) is 0 Å². The van der Waals surface area contributed by atoms with Crippen molar-refractivity contribution in [1.82, 2.24) is 0 Å². The third-order valence-electron chi connectivity index (χ3n) is 0.650. The smallest absolute Gasteiger partial charge is 0.247 e. The molecule has 0 aromatic heterocycles. The minimum atomic E-state index is -0.139. The summed E-state index contributed by atoms with van der Waals surface area (Å²) in [6.45, 7) is 6.66. The molecule has 2 nitrogen and oxygen atoms in total. The number of aliphatic imine (C=N–C) groups is 1. The summed E-state index contributed by atoms with van der Waals surface area (Å²) in [6.07, 6.45) is 0. The number of carbonyl (C=O) groups excluding carboxylic acids is 1. The Morgan fingerprint density at radius 1 is 1.71 bits per heavy atom. The zero-order valence-electron chi connectivity index (χ0n) is 4.64. The molecule has 0 bridgehead atoms. The summed E-state index contributed by atoms with van der Waals surface area (Å²) in [7, 11) is 0. The summed E-state index contributed by atoms with van der Waals surface area (Å²) in [5.41, 5.74) is 0. The van der Waals surface area contributed by atoms with Gasteiger partial charge in [-0.25, -0.2) is 4.99 Å². The van der Waals surface area contributed by atoms with Gasteiger partial charge in [0.25, 0.3) is 0 Å². The van der Waals surface area contributed by atoms with Gasteiger partial charge in [0, 0.05) is 5.92 Å². The number of rotatable bonds is 1. The first-order chi connectivity index (χ1) is 3.18. The van der Waals surface area contributed by atoms with Crippen LogP contribution >= 0.6 is 0 Å². The van der Waals surface area contributed by atoms with Crippen molar-refractivity contribution in [3.05, 3.63) is 0 Å². The molecular weight excluding hydrogens is 90.1 g/mol. The monoisotopic (exact) mass is 99.1 g/mol. The van der Waals surface area contributed by atoms with E-state index in [1.54, 1.807) is 13.8 Å². The molecule has 0 atom stereocenters. The lowest BCUT2D eigenvalue weighted by atomic mass is 10.2. The van der Waals surface area contributed by atoms with Crippen LogP contribution in [-0.2, 0) is 4.79 Å². The van der Waals surface area contributed by atoms with Crippen molar-refractivity contribution in [3.8, 4) is 0 Å². The Balaban J connectivity index is 3.56. The quantitative estimate of drug-likeness (QED) is 0.448. The van der Waals surface area contributed by atoms with E-state index in [1.807, 2.05) is 0 Å². The molecule has 0 aliphatic carbocycles. The summed E-state index contributed by atoms with van der Waals surface area (Å²) in [5, 5.41) is 0. The summed E-state index contributed by atoms with van der Waals surface area (Å²) >= 11 is 0. The van der Waals surface area contributed by atoms with Gasteiger partial charge in [-0.1, -0.05) is 13.8 Å². The second-order valence-electron chi connectivity index (χ2n) is 1.65. The van der Waals surface area contributed by atoms with Crippen LogP contribution in [0, 0.1) is 5.92 Å². The van der Waals surface area contributed by atoms with Crippen LogP contribution in [0.5, 0.6) is 0 Å². The molecule has 0 rings (SSSR count). The molecule has 1 amide bonds. The second-order valence-corrected chi connectivity index (χ2v) is 1.65. The lowest BCUT2D eigenvalue weighted by Gasteiger charge is -1.91. The molecule has 0 N–H and O–H groups in total. The maximum atomic E-state index is 10.3. The Morgan fingerprint density at radius 3 is 2.14 bits per heavy atom. The number of amides is 1. The third kappa shape index (κ3) is 2.09. The van der Waals surface area contributed by atoms with Gasteiger partial charge < -0.3 is 0 Å². The van der Waals surface area contributed by atoms with Gasteiger partial charge in [0.1, 0.15) is 0 Å². The fraction of sp³-hybridized carbons (Fsp3) is 0.600. The molecule has 0 radical (unpaired) electrons. The molecule has 40 valence electrons. The standard InChI is InChI=1S/C5H9NO/c1-4(2)5(7)6-3/h4H,3H2,1-2H3. The van der Waals surface area contributed by atoms with E-state index in [0.29, 0.717) is 0 Å². The van der Waals surface area contributed by atoms with Crippen molar-refractivity contribution < 1.29 is 4.79 Å². The Hall–Kier alpha value is -0.660. The molecule has 0 unspecified atom stereocenters. The average Bonchev–Trinajstić information content (AvgIpc) is 1.65. The van der Waals surface area contributed by atoms with Crippen molar-refractivity contribution in [1.29, 1.82) is 0 Å². The first-order valence-corrected chi connectivity index (χ1v) is 2.19. The lowest BCUT2D eigenvalue weighted by Crippen LogP contribution is -2.00. The highest BCUT2D eigenvalue weighted by Gasteiger charge is 2.00. The van der Waals surface area contributed by atoms with E-state index in [2.05, 4.69) is 11.7 Å². The number of hydrogen-bond acceptors (Lipinski definition) is 1. The molecule has 0 aromatic carbocycles. The minimum absolute atomic E-state index is 0.00231. The molecule has 7 heavy (non-hydrogen) atoms. The van der Waals surface area contributed by atoms with Gasteiger partial charge in [0.2, 0.25) is 5.91 Å². The Labute approximate surface area is 43.3 Å². The van der Waals surface area contributed by atoms with Gasteiger partial charge in [-0.15, -0.1) is 0 Å². The first-order valence-electron chi connectivity index (χ1n) is 2.19. The van der Waals surface area contributed by atoms with Crippen LogP contribution in [0.3, 0.4) is 0 Å². The molecule has 0 aliphatic rings. The normalized spacial score (nSPS) is 9.00. The summed E-state index contributed by atoms with van der Waals surface area (Å²) in [4.78, 5) is 13.5. The highest BCUT2D eigenvalue weighted by atomic mass is 16.1. The summed E-state index contributed by atoms with van der Waals surface area (Å²) in [5.74, 6) is -0.141. The average molecular weight is 99.1 g/mol.